The number of ether oxygens (including phenoxy) is 2. The number of imidazole rings is 1. The van der Waals surface area contributed by atoms with Crippen molar-refractivity contribution in [2.45, 2.75) is 38.8 Å². The van der Waals surface area contributed by atoms with E-state index in [0.29, 0.717) is 57.5 Å². The highest BCUT2D eigenvalue weighted by Gasteiger charge is 2.23. The number of amides is 2. The summed E-state index contributed by atoms with van der Waals surface area (Å²) >= 11 is 12.7. The number of benzene rings is 4. The number of carbonyl (C=O) groups is 2. The average Bonchev–Trinajstić information content (AvgIpc) is 3.48. The van der Waals surface area contributed by atoms with E-state index in [2.05, 4.69) is 22.1 Å². The Kier molecular flexibility index (Phi) is 11.0. The summed E-state index contributed by atoms with van der Waals surface area (Å²) in [6.45, 7) is 2.82. The summed E-state index contributed by atoms with van der Waals surface area (Å²) in [5.74, 6) is 1.40. The van der Waals surface area contributed by atoms with Crippen molar-refractivity contribution in [3.05, 3.63) is 124 Å². The molecule has 0 saturated carbocycles. The second kappa shape index (κ2) is 15.5. The number of anilines is 1. The maximum absolute atomic E-state index is 13.4. The fourth-order valence-corrected chi connectivity index (χ4v) is 5.51. The molecular formula is C36H34Cl2N4O5. The number of nitrogens with one attached hydrogen (secondary N) is 2. The summed E-state index contributed by atoms with van der Waals surface area (Å²) in [5.41, 5.74) is 3.11. The Labute approximate surface area is 283 Å². The zero-order valence-electron chi connectivity index (χ0n) is 25.9. The highest BCUT2D eigenvalue weighted by atomic mass is 35.5. The number of unbranched alkanes of at least 4 members (excludes halogenated alkanes) is 1. The van der Waals surface area contributed by atoms with Crippen molar-refractivity contribution in [2.75, 3.05) is 12.4 Å². The molecule has 3 N–H and O–H groups in total. The molecule has 0 radical (unpaired) electrons. The molecule has 0 aliphatic carbocycles. The van der Waals surface area contributed by atoms with Crippen molar-refractivity contribution < 1.29 is 24.2 Å². The lowest BCUT2D eigenvalue weighted by molar-refractivity contribution is 0.0697. The number of aromatic nitrogens is 2. The van der Waals surface area contributed by atoms with Gasteiger partial charge in [0.1, 0.15) is 23.1 Å². The third-order valence-corrected chi connectivity index (χ3v) is 7.96. The van der Waals surface area contributed by atoms with Crippen LogP contribution < -0.4 is 20.1 Å². The van der Waals surface area contributed by atoms with Gasteiger partial charge in [0.05, 0.1) is 29.4 Å². The first-order valence-corrected chi connectivity index (χ1v) is 15.8. The van der Waals surface area contributed by atoms with Crippen molar-refractivity contribution in [1.29, 1.82) is 0 Å². The molecule has 0 fully saturated rings. The van der Waals surface area contributed by atoms with Crippen LogP contribution in [0.3, 0.4) is 0 Å². The van der Waals surface area contributed by atoms with Crippen LogP contribution in [0.1, 0.15) is 47.6 Å². The fourth-order valence-electron chi connectivity index (χ4n) is 5.01. The smallest absolute Gasteiger partial charge is 0.335 e. The van der Waals surface area contributed by atoms with Crippen molar-refractivity contribution in [3.63, 3.8) is 0 Å². The molecule has 47 heavy (non-hydrogen) atoms. The largest absolute Gasteiger partial charge is 0.497 e. The van der Waals surface area contributed by atoms with Gasteiger partial charge >= 0.3 is 12.0 Å². The minimum atomic E-state index is -1.00. The molecule has 11 heteroatoms. The van der Waals surface area contributed by atoms with Crippen LogP contribution in [0.5, 0.6) is 17.2 Å². The van der Waals surface area contributed by atoms with E-state index in [0.717, 1.165) is 24.0 Å². The number of urea groups is 1. The third kappa shape index (κ3) is 8.84. The first-order chi connectivity index (χ1) is 22.7. The maximum atomic E-state index is 13.4. The van der Waals surface area contributed by atoms with Crippen molar-refractivity contribution >= 4 is 40.9 Å². The second-order valence-corrected chi connectivity index (χ2v) is 11.7. The van der Waals surface area contributed by atoms with E-state index in [4.69, 9.17) is 42.8 Å². The first kappa shape index (κ1) is 33.4. The number of rotatable bonds is 13. The van der Waals surface area contributed by atoms with Crippen molar-refractivity contribution in [2.24, 2.45) is 0 Å². The number of halogens is 2. The molecule has 5 rings (SSSR count). The summed E-state index contributed by atoms with van der Waals surface area (Å²) in [7, 11) is 1.57. The lowest BCUT2D eigenvalue weighted by Crippen LogP contribution is -2.35. The average molecular weight is 674 g/mol. The number of aryl methyl sites for hydroxylation is 1. The first-order valence-electron chi connectivity index (χ1n) is 15.1. The molecule has 242 valence electrons. The van der Waals surface area contributed by atoms with Gasteiger partial charge in [0, 0.05) is 35.1 Å². The lowest BCUT2D eigenvalue weighted by atomic mass is 10.0. The SMILES string of the molecule is CCCCn1cc(-c2ccc(Cl)cc2Cl)nc1[C@H](Cc1ccc(Oc2ccc(C(=O)O)cc2)cc1)NC(=O)Nc1cccc(OC)c1. The maximum Gasteiger partial charge on any atom is 0.335 e. The molecule has 5 aromatic rings. The predicted octanol–water partition coefficient (Wildman–Crippen LogP) is 9.26. The zero-order chi connectivity index (χ0) is 33.3. The summed E-state index contributed by atoms with van der Waals surface area (Å²) in [5, 5.41) is 16.2. The molecule has 0 unspecified atom stereocenters. The molecular weight excluding hydrogens is 639 g/mol. The van der Waals surface area contributed by atoms with Crippen LogP contribution in [0.2, 0.25) is 10.0 Å². The molecule has 0 aliphatic rings. The summed E-state index contributed by atoms with van der Waals surface area (Å²) < 4.78 is 13.3. The van der Waals surface area contributed by atoms with Gasteiger partial charge in [0.2, 0.25) is 0 Å². The van der Waals surface area contributed by atoms with Gasteiger partial charge in [0.15, 0.2) is 0 Å². The van der Waals surface area contributed by atoms with Crippen LogP contribution in [0.4, 0.5) is 10.5 Å². The molecule has 0 saturated heterocycles. The Bertz CT molecular complexity index is 1840. The number of hydrogen-bond acceptors (Lipinski definition) is 5. The van der Waals surface area contributed by atoms with E-state index < -0.39 is 18.0 Å². The van der Waals surface area contributed by atoms with E-state index in [1.54, 1.807) is 55.6 Å². The van der Waals surface area contributed by atoms with Gasteiger partial charge in [-0.3, -0.25) is 0 Å². The number of nitrogens with zero attached hydrogens (tertiary/aromatic N) is 2. The lowest BCUT2D eigenvalue weighted by Gasteiger charge is -2.21. The van der Waals surface area contributed by atoms with E-state index in [9.17, 15) is 9.59 Å². The van der Waals surface area contributed by atoms with E-state index >= 15 is 0 Å². The van der Waals surface area contributed by atoms with Crippen LogP contribution in [0.25, 0.3) is 11.3 Å². The minimum Gasteiger partial charge on any atom is -0.497 e. The van der Waals surface area contributed by atoms with Gasteiger partial charge in [0.25, 0.3) is 0 Å². The standard InChI is InChI=1S/C36H34Cl2N4O5/c1-3-4-18-42-22-33(30-17-12-25(37)20-31(30)38)40-34(42)32(41-36(45)39-26-6-5-7-29(21-26)46-2)19-23-8-13-27(14-9-23)47-28-15-10-24(11-16-28)35(43)44/h5-17,20-22,32H,3-4,18-19H2,1-2H3,(H,43,44)(H2,39,41,45)/t32-/m0/s1. The van der Waals surface area contributed by atoms with E-state index in [1.165, 1.54) is 12.1 Å². The van der Waals surface area contributed by atoms with Crippen molar-refractivity contribution in [1.82, 2.24) is 14.9 Å². The highest BCUT2D eigenvalue weighted by Crippen LogP contribution is 2.32. The molecule has 9 nitrogen and oxygen atoms in total. The number of carbonyl (C=O) groups excluding carboxylic acids is 1. The Morgan fingerprint density at radius 2 is 1.66 bits per heavy atom. The fraction of sp³-hybridized carbons (Fsp3) is 0.194. The van der Waals surface area contributed by atoms with Crippen LogP contribution in [0, 0.1) is 0 Å². The molecule has 2 amide bonds. The van der Waals surface area contributed by atoms with Gasteiger partial charge in [-0.15, -0.1) is 0 Å². The van der Waals surface area contributed by atoms with Gasteiger partial charge in [-0.25, -0.2) is 14.6 Å². The van der Waals surface area contributed by atoms with Crippen LogP contribution in [0.15, 0.2) is 97.2 Å². The Morgan fingerprint density at radius 3 is 2.32 bits per heavy atom. The van der Waals surface area contributed by atoms with E-state index in [-0.39, 0.29) is 5.56 Å². The summed E-state index contributed by atoms with van der Waals surface area (Å²) in [6, 6.07) is 25.2. The quantitative estimate of drug-likeness (QED) is 0.115. The number of methoxy groups -OCH3 is 1. The zero-order valence-corrected chi connectivity index (χ0v) is 27.4. The normalized spacial score (nSPS) is 11.5. The molecule has 1 aromatic heterocycles. The molecule has 1 heterocycles. The van der Waals surface area contributed by atoms with E-state index in [1.807, 2.05) is 36.5 Å². The number of carboxylic acid groups (broad SMARTS) is 1. The Morgan fingerprint density at radius 1 is 0.936 bits per heavy atom. The summed E-state index contributed by atoms with van der Waals surface area (Å²) in [4.78, 5) is 29.6. The topological polar surface area (TPSA) is 115 Å². The minimum absolute atomic E-state index is 0.181. The third-order valence-electron chi connectivity index (χ3n) is 7.41. The molecule has 0 bridgehead atoms. The van der Waals surface area contributed by atoms with Gasteiger partial charge in [-0.2, -0.15) is 0 Å². The van der Waals surface area contributed by atoms with Gasteiger partial charge < -0.3 is 29.8 Å². The number of hydrogen-bond donors (Lipinski definition) is 3. The molecule has 0 aliphatic heterocycles. The van der Waals surface area contributed by atoms with Crippen LogP contribution in [-0.4, -0.2) is 33.8 Å². The highest BCUT2D eigenvalue weighted by molar-refractivity contribution is 6.36. The number of aromatic carboxylic acids is 1. The molecule has 4 aromatic carbocycles. The van der Waals surface area contributed by atoms with Gasteiger partial charge in [-0.1, -0.05) is 54.7 Å². The second-order valence-electron chi connectivity index (χ2n) is 10.8. The number of carboxylic acids is 1. The van der Waals surface area contributed by atoms with Crippen LogP contribution in [-0.2, 0) is 13.0 Å². The summed E-state index contributed by atoms with van der Waals surface area (Å²) in [6.07, 6.45) is 4.28. The van der Waals surface area contributed by atoms with Crippen LogP contribution >= 0.6 is 23.2 Å². The predicted molar refractivity (Wildman–Crippen MR) is 184 cm³/mol. The van der Waals surface area contributed by atoms with Gasteiger partial charge in [-0.05, 0) is 85.1 Å². The molecule has 0 spiro atoms. The Balaban J connectivity index is 1.43. The monoisotopic (exact) mass is 672 g/mol. The van der Waals surface area contributed by atoms with Crippen molar-refractivity contribution in [3.8, 4) is 28.5 Å². The molecule has 1 atom stereocenters. The Hall–Kier alpha value is -4.99.